The van der Waals surface area contributed by atoms with Gasteiger partial charge in [-0.05, 0) is 11.6 Å². The first-order valence-corrected chi connectivity index (χ1v) is 6.94. The van der Waals surface area contributed by atoms with Crippen molar-refractivity contribution in [1.82, 2.24) is 28.9 Å². The van der Waals surface area contributed by atoms with Crippen LogP contribution in [0.1, 0.15) is 18.7 Å². The van der Waals surface area contributed by atoms with Crippen molar-refractivity contribution in [2.75, 3.05) is 0 Å². The van der Waals surface area contributed by atoms with Crippen molar-refractivity contribution >= 4 is 22.8 Å². The van der Waals surface area contributed by atoms with Gasteiger partial charge in [0.25, 0.3) is 5.56 Å². The molecule has 0 aliphatic heterocycles. The Morgan fingerprint density at radius 1 is 1.14 bits per heavy atom. The van der Waals surface area contributed by atoms with Gasteiger partial charge in [-0.25, -0.2) is 4.79 Å². The summed E-state index contributed by atoms with van der Waals surface area (Å²) in [6, 6.07) is 0. The fourth-order valence-corrected chi connectivity index (χ4v) is 2.42. The van der Waals surface area contributed by atoms with E-state index in [1.54, 1.807) is 0 Å². The van der Waals surface area contributed by atoms with E-state index in [0.717, 1.165) is 4.57 Å². The normalized spacial score (nSPS) is 11.5. The van der Waals surface area contributed by atoms with E-state index in [9.17, 15) is 9.59 Å². The Morgan fingerprint density at radius 3 is 2.45 bits per heavy atom. The molecule has 3 aromatic heterocycles. The number of fused-ring (bicyclic) bond motifs is 1. The molecule has 0 atom stereocenters. The van der Waals surface area contributed by atoms with Crippen molar-refractivity contribution in [3.05, 3.63) is 37.9 Å². The van der Waals surface area contributed by atoms with Gasteiger partial charge in [-0.15, -0.1) is 10.2 Å². The largest absolute Gasteiger partial charge is 0.423 e. The lowest BCUT2D eigenvalue weighted by molar-refractivity contribution is 0.444. The monoisotopic (exact) mass is 324 g/mol. The van der Waals surface area contributed by atoms with Crippen molar-refractivity contribution in [1.29, 1.82) is 0 Å². The second kappa shape index (κ2) is 5.09. The number of halogens is 1. The molecular formula is C12H13ClN6O3. The van der Waals surface area contributed by atoms with Crippen molar-refractivity contribution in [3.63, 3.8) is 0 Å². The van der Waals surface area contributed by atoms with Crippen LogP contribution in [0.3, 0.4) is 0 Å². The first-order chi connectivity index (χ1) is 10.4. The highest BCUT2D eigenvalue weighted by Gasteiger charge is 2.19. The van der Waals surface area contributed by atoms with Gasteiger partial charge in [0.2, 0.25) is 17.1 Å². The van der Waals surface area contributed by atoms with Gasteiger partial charge in [0, 0.05) is 20.5 Å². The van der Waals surface area contributed by atoms with E-state index in [1.807, 2.05) is 6.92 Å². The summed E-state index contributed by atoms with van der Waals surface area (Å²) in [7, 11) is 2.93. The molecule has 0 aliphatic rings. The number of aromatic nitrogens is 6. The van der Waals surface area contributed by atoms with Gasteiger partial charge in [-0.2, -0.15) is 4.98 Å². The van der Waals surface area contributed by atoms with Crippen molar-refractivity contribution in [2.24, 2.45) is 14.1 Å². The van der Waals surface area contributed by atoms with Crippen molar-refractivity contribution in [2.45, 2.75) is 19.9 Å². The Hall–Kier alpha value is -2.42. The highest BCUT2D eigenvalue weighted by atomic mass is 35.5. The van der Waals surface area contributed by atoms with Gasteiger partial charge >= 0.3 is 5.69 Å². The quantitative estimate of drug-likeness (QED) is 0.632. The van der Waals surface area contributed by atoms with Crippen LogP contribution < -0.4 is 11.2 Å². The minimum atomic E-state index is -0.479. The maximum Gasteiger partial charge on any atom is 0.332 e. The van der Waals surface area contributed by atoms with Crippen LogP contribution in [0.15, 0.2) is 14.0 Å². The van der Waals surface area contributed by atoms with Gasteiger partial charge in [-0.1, -0.05) is 6.92 Å². The third-order valence-corrected chi connectivity index (χ3v) is 3.69. The van der Waals surface area contributed by atoms with E-state index in [0.29, 0.717) is 18.2 Å². The van der Waals surface area contributed by atoms with Gasteiger partial charge in [0.1, 0.15) is 6.54 Å². The smallest absolute Gasteiger partial charge is 0.332 e. The molecule has 0 aromatic carbocycles. The summed E-state index contributed by atoms with van der Waals surface area (Å²) in [6.45, 7) is 2.00. The molecule has 9 nitrogen and oxygen atoms in total. The molecule has 0 aliphatic carbocycles. The highest BCUT2D eigenvalue weighted by molar-refractivity contribution is 6.29. The summed E-state index contributed by atoms with van der Waals surface area (Å²) < 4.78 is 9.15. The first kappa shape index (κ1) is 14.5. The Labute approximate surface area is 128 Å². The average Bonchev–Trinajstić information content (AvgIpc) is 3.09. The van der Waals surface area contributed by atoms with Crippen LogP contribution in [-0.2, 0) is 27.1 Å². The molecule has 0 saturated carbocycles. The van der Waals surface area contributed by atoms with Gasteiger partial charge in [0.15, 0.2) is 11.2 Å². The first-order valence-electron chi connectivity index (χ1n) is 6.57. The maximum absolute atomic E-state index is 12.4. The van der Waals surface area contributed by atoms with E-state index >= 15 is 0 Å². The second-order valence-electron chi connectivity index (χ2n) is 4.79. The molecule has 0 bridgehead atoms. The van der Waals surface area contributed by atoms with Crippen molar-refractivity contribution < 1.29 is 4.42 Å². The lowest BCUT2D eigenvalue weighted by atomic mass is 10.5. The molecule has 3 heterocycles. The number of rotatable bonds is 3. The zero-order chi connectivity index (χ0) is 16.0. The Kier molecular flexibility index (Phi) is 3.36. The van der Waals surface area contributed by atoms with Crippen LogP contribution in [0, 0.1) is 0 Å². The number of nitrogens with zero attached hydrogens (tertiary/aromatic N) is 6. The van der Waals surface area contributed by atoms with Crippen LogP contribution in [0.4, 0.5) is 0 Å². The third-order valence-electron chi connectivity index (χ3n) is 3.41. The van der Waals surface area contributed by atoms with E-state index in [4.69, 9.17) is 16.0 Å². The molecular weight excluding hydrogens is 312 g/mol. The Balaban J connectivity index is 2.24. The molecule has 10 heteroatoms. The zero-order valence-corrected chi connectivity index (χ0v) is 13.0. The lowest BCUT2D eigenvalue weighted by Crippen LogP contribution is -2.37. The molecule has 3 rings (SSSR count). The molecule has 0 saturated heterocycles. The van der Waals surface area contributed by atoms with E-state index in [-0.39, 0.29) is 23.0 Å². The number of aryl methyl sites for hydroxylation is 2. The van der Waals surface area contributed by atoms with Gasteiger partial charge in [0.05, 0.1) is 0 Å². The molecule has 0 unspecified atom stereocenters. The summed E-state index contributed by atoms with van der Waals surface area (Å²) in [5.41, 5.74) is -0.517. The van der Waals surface area contributed by atoms with Crippen LogP contribution in [0.2, 0.25) is 5.28 Å². The number of hydrogen-bond donors (Lipinski definition) is 0. The Bertz CT molecular complexity index is 979. The lowest BCUT2D eigenvalue weighted by Gasteiger charge is -2.05. The fourth-order valence-electron chi connectivity index (χ4n) is 2.19. The van der Waals surface area contributed by atoms with Crippen LogP contribution in [0.25, 0.3) is 11.2 Å². The summed E-state index contributed by atoms with van der Waals surface area (Å²) in [5.74, 6) is 0.810. The van der Waals surface area contributed by atoms with Crippen LogP contribution in [-0.4, -0.2) is 28.9 Å². The van der Waals surface area contributed by atoms with E-state index in [2.05, 4.69) is 15.2 Å². The molecule has 0 amide bonds. The molecule has 0 fully saturated rings. The van der Waals surface area contributed by atoms with Crippen molar-refractivity contribution in [3.8, 4) is 0 Å². The average molecular weight is 325 g/mol. The molecule has 0 spiro atoms. The minimum Gasteiger partial charge on any atom is -0.423 e. The zero-order valence-electron chi connectivity index (χ0n) is 12.2. The topological polar surface area (TPSA) is 101 Å². The van der Waals surface area contributed by atoms with Crippen LogP contribution >= 0.6 is 11.6 Å². The second-order valence-corrected chi connectivity index (χ2v) is 5.13. The standard InChI is InChI=1S/C12H13ClN6O3/c1-4-6-15-16-7(22-6)5-19-8-9(14-11(19)13)17(2)12(21)18(3)10(8)20/h4-5H2,1-3H3. The number of imidazole rings is 1. The van der Waals surface area contributed by atoms with Crippen LogP contribution in [0.5, 0.6) is 0 Å². The molecule has 0 N–H and O–H groups in total. The highest BCUT2D eigenvalue weighted by Crippen LogP contribution is 2.17. The predicted molar refractivity (Wildman–Crippen MR) is 78.0 cm³/mol. The minimum absolute atomic E-state index is 0.0737. The van der Waals surface area contributed by atoms with E-state index in [1.165, 1.54) is 23.2 Å². The molecule has 3 aromatic rings. The van der Waals surface area contributed by atoms with Gasteiger partial charge < -0.3 is 4.42 Å². The summed E-state index contributed by atoms with van der Waals surface area (Å²) in [5, 5.41) is 7.84. The Morgan fingerprint density at radius 2 is 1.82 bits per heavy atom. The SMILES string of the molecule is CCc1nnc(Cn2c(Cl)nc3c2c(=O)n(C)c(=O)n3C)o1. The number of hydrogen-bond acceptors (Lipinski definition) is 6. The molecule has 22 heavy (non-hydrogen) atoms. The molecule has 116 valence electrons. The predicted octanol–water partition coefficient (Wildman–Crippen LogP) is 0.0808. The summed E-state index contributed by atoms with van der Waals surface area (Å²) in [6.07, 6.45) is 0.613. The fraction of sp³-hybridized carbons (Fsp3) is 0.417. The summed E-state index contributed by atoms with van der Waals surface area (Å²) >= 11 is 6.11. The van der Waals surface area contributed by atoms with Gasteiger partial charge in [-0.3, -0.25) is 18.5 Å². The van der Waals surface area contributed by atoms with E-state index < -0.39 is 11.2 Å². The molecule has 0 radical (unpaired) electrons. The summed E-state index contributed by atoms with van der Waals surface area (Å²) in [4.78, 5) is 28.4. The maximum atomic E-state index is 12.4. The third kappa shape index (κ3) is 2.05.